The molecule has 1 aromatic heterocycles. The summed E-state index contributed by atoms with van der Waals surface area (Å²) in [5.41, 5.74) is 5.08. The fourth-order valence-electron chi connectivity index (χ4n) is 2.06. The predicted octanol–water partition coefficient (Wildman–Crippen LogP) is 0.613. The summed E-state index contributed by atoms with van der Waals surface area (Å²) in [6, 6.07) is 0.998. The van der Waals surface area contributed by atoms with E-state index in [4.69, 9.17) is 5.73 Å². The first-order valence-corrected chi connectivity index (χ1v) is 8.46. The molecule has 112 valence electrons. The summed E-state index contributed by atoms with van der Waals surface area (Å²) in [5, 5.41) is 10.6. The SMILES string of the molecule is Nc1sc(S(=O)(=O)NCCN2CCCC2)cc1[N+](=O)[O-]. The smallest absolute Gasteiger partial charge is 0.304 e. The Labute approximate surface area is 120 Å². The number of nitrogens with zero attached hydrogens (tertiary/aromatic N) is 2. The van der Waals surface area contributed by atoms with Gasteiger partial charge in [-0.05, 0) is 25.9 Å². The molecule has 0 aromatic carbocycles. The molecule has 0 aliphatic carbocycles. The number of sulfonamides is 1. The molecule has 20 heavy (non-hydrogen) atoms. The lowest BCUT2D eigenvalue weighted by atomic mass is 10.4. The van der Waals surface area contributed by atoms with Crippen LogP contribution in [0.1, 0.15) is 12.8 Å². The number of rotatable bonds is 6. The molecule has 0 radical (unpaired) electrons. The predicted molar refractivity (Wildman–Crippen MR) is 76.2 cm³/mol. The minimum Gasteiger partial charge on any atom is -0.385 e. The van der Waals surface area contributed by atoms with Crippen molar-refractivity contribution in [1.29, 1.82) is 0 Å². The molecule has 0 spiro atoms. The molecule has 0 bridgehead atoms. The minimum atomic E-state index is -3.73. The summed E-state index contributed by atoms with van der Waals surface area (Å²) in [5.74, 6) is 0. The van der Waals surface area contributed by atoms with Crippen LogP contribution in [-0.2, 0) is 10.0 Å². The first-order valence-electron chi connectivity index (χ1n) is 6.16. The zero-order valence-corrected chi connectivity index (χ0v) is 12.4. The van der Waals surface area contributed by atoms with Gasteiger partial charge in [-0.25, -0.2) is 13.1 Å². The standard InChI is InChI=1S/C10H16N4O4S2/c11-10-8(14(15)16)7-9(19-10)20(17,18)12-3-6-13-4-1-2-5-13/h7,12H,1-6,11H2. The first kappa shape index (κ1) is 15.2. The van der Waals surface area contributed by atoms with Crippen molar-refractivity contribution in [2.45, 2.75) is 17.1 Å². The fourth-order valence-corrected chi connectivity index (χ4v) is 4.34. The van der Waals surface area contributed by atoms with Crippen LogP contribution in [-0.4, -0.2) is 44.4 Å². The molecule has 10 heteroatoms. The van der Waals surface area contributed by atoms with Crippen LogP contribution in [0.2, 0.25) is 0 Å². The molecule has 1 aliphatic heterocycles. The van der Waals surface area contributed by atoms with Gasteiger partial charge in [0.2, 0.25) is 10.0 Å². The van der Waals surface area contributed by atoms with E-state index in [0.29, 0.717) is 17.9 Å². The highest BCUT2D eigenvalue weighted by atomic mass is 32.2. The molecular weight excluding hydrogens is 304 g/mol. The molecule has 1 fully saturated rings. The number of thiophene rings is 1. The largest absolute Gasteiger partial charge is 0.385 e. The Bertz CT molecular complexity index is 592. The van der Waals surface area contributed by atoms with E-state index >= 15 is 0 Å². The number of nitro groups is 1. The van der Waals surface area contributed by atoms with E-state index in [1.54, 1.807) is 0 Å². The summed E-state index contributed by atoms with van der Waals surface area (Å²) in [7, 11) is -3.73. The highest BCUT2D eigenvalue weighted by Crippen LogP contribution is 2.34. The third kappa shape index (κ3) is 3.45. The maximum atomic E-state index is 12.0. The second-order valence-corrected chi connectivity index (χ2v) is 7.60. The Morgan fingerprint density at radius 1 is 1.45 bits per heavy atom. The van der Waals surface area contributed by atoms with Gasteiger partial charge in [-0.1, -0.05) is 11.3 Å². The van der Waals surface area contributed by atoms with E-state index in [-0.39, 0.29) is 21.4 Å². The summed E-state index contributed by atoms with van der Waals surface area (Å²) in [6.45, 7) is 2.90. The number of nitrogens with two attached hydrogens (primary N) is 1. The van der Waals surface area contributed by atoms with Crippen LogP contribution < -0.4 is 10.5 Å². The quantitative estimate of drug-likeness (QED) is 0.585. The van der Waals surface area contributed by atoms with Gasteiger partial charge in [-0.2, -0.15) is 0 Å². The molecule has 1 aliphatic rings. The van der Waals surface area contributed by atoms with Crippen LogP contribution in [0, 0.1) is 10.1 Å². The number of hydrogen-bond donors (Lipinski definition) is 2. The minimum absolute atomic E-state index is 0.102. The molecule has 1 aromatic rings. The van der Waals surface area contributed by atoms with Crippen LogP contribution in [0.5, 0.6) is 0 Å². The first-order chi connectivity index (χ1) is 9.40. The second kappa shape index (κ2) is 6.04. The number of hydrogen-bond acceptors (Lipinski definition) is 7. The van der Waals surface area contributed by atoms with E-state index in [0.717, 1.165) is 32.0 Å². The van der Waals surface area contributed by atoms with Crippen molar-refractivity contribution >= 4 is 32.0 Å². The zero-order valence-electron chi connectivity index (χ0n) is 10.7. The molecule has 8 nitrogen and oxygen atoms in total. The van der Waals surface area contributed by atoms with E-state index < -0.39 is 14.9 Å². The van der Waals surface area contributed by atoms with Crippen LogP contribution in [0.4, 0.5) is 10.7 Å². The van der Waals surface area contributed by atoms with Crippen molar-refractivity contribution in [1.82, 2.24) is 9.62 Å². The summed E-state index contributed by atoms with van der Waals surface area (Å²) in [6.07, 6.45) is 2.28. The van der Waals surface area contributed by atoms with Crippen molar-refractivity contribution in [2.75, 3.05) is 31.9 Å². The lowest BCUT2D eigenvalue weighted by Crippen LogP contribution is -2.33. The molecule has 1 saturated heterocycles. The van der Waals surface area contributed by atoms with Gasteiger partial charge in [0, 0.05) is 19.2 Å². The van der Waals surface area contributed by atoms with E-state index in [1.165, 1.54) is 0 Å². The zero-order chi connectivity index (χ0) is 14.8. The van der Waals surface area contributed by atoms with Crippen molar-refractivity contribution in [3.05, 3.63) is 16.2 Å². The van der Waals surface area contributed by atoms with Crippen molar-refractivity contribution in [3.8, 4) is 0 Å². The van der Waals surface area contributed by atoms with Gasteiger partial charge < -0.3 is 10.6 Å². The molecule has 0 amide bonds. The van der Waals surface area contributed by atoms with Gasteiger partial charge >= 0.3 is 5.69 Å². The van der Waals surface area contributed by atoms with E-state index in [9.17, 15) is 18.5 Å². The van der Waals surface area contributed by atoms with Gasteiger partial charge in [-0.3, -0.25) is 10.1 Å². The van der Waals surface area contributed by atoms with E-state index in [1.807, 2.05) is 0 Å². The Morgan fingerprint density at radius 3 is 2.65 bits per heavy atom. The lowest BCUT2D eigenvalue weighted by molar-refractivity contribution is -0.383. The van der Waals surface area contributed by atoms with Crippen molar-refractivity contribution in [2.24, 2.45) is 0 Å². The van der Waals surface area contributed by atoms with Gasteiger partial charge in [-0.15, -0.1) is 0 Å². The Morgan fingerprint density at radius 2 is 2.10 bits per heavy atom. The molecular formula is C10H16N4O4S2. The van der Waals surface area contributed by atoms with Gasteiger partial charge in [0.25, 0.3) is 0 Å². The van der Waals surface area contributed by atoms with Crippen molar-refractivity contribution in [3.63, 3.8) is 0 Å². The van der Waals surface area contributed by atoms with Crippen LogP contribution >= 0.6 is 11.3 Å². The third-order valence-corrected chi connectivity index (χ3v) is 5.99. The number of nitrogen functional groups attached to an aromatic ring is 1. The monoisotopic (exact) mass is 320 g/mol. The molecule has 2 heterocycles. The summed E-state index contributed by atoms with van der Waals surface area (Å²) >= 11 is 0.704. The summed E-state index contributed by atoms with van der Waals surface area (Å²) in [4.78, 5) is 12.1. The maximum Gasteiger partial charge on any atom is 0.304 e. The Balaban J connectivity index is 1.98. The highest BCUT2D eigenvalue weighted by molar-refractivity contribution is 7.91. The van der Waals surface area contributed by atoms with Crippen molar-refractivity contribution < 1.29 is 13.3 Å². The Kier molecular flexibility index (Phi) is 4.58. The van der Waals surface area contributed by atoms with Crippen LogP contribution in [0.15, 0.2) is 10.3 Å². The molecule has 3 N–H and O–H groups in total. The normalized spacial score (nSPS) is 16.6. The topological polar surface area (TPSA) is 119 Å². The van der Waals surface area contributed by atoms with Crippen LogP contribution in [0.3, 0.4) is 0 Å². The molecule has 2 rings (SSSR count). The highest BCUT2D eigenvalue weighted by Gasteiger charge is 2.24. The average molecular weight is 320 g/mol. The average Bonchev–Trinajstić information content (AvgIpc) is 2.98. The molecule has 0 atom stereocenters. The van der Waals surface area contributed by atoms with Gasteiger partial charge in [0.05, 0.1) is 4.92 Å². The Hall–Kier alpha value is -1.23. The molecule has 0 unspecified atom stereocenters. The maximum absolute atomic E-state index is 12.0. The molecule has 0 saturated carbocycles. The number of nitrogens with one attached hydrogen (secondary N) is 1. The second-order valence-electron chi connectivity index (χ2n) is 4.52. The van der Waals surface area contributed by atoms with E-state index in [2.05, 4.69) is 9.62 Å². The lowest BCUT2D eigenvalue weighted by Gasteiger charge is -2.14. The van der Waals surface area contributed by atoms with Crippen LogP contribution in [0.25, 0.3) is 0 Å². The van der Waals surface area contributed by atoms with Gasteiger partial charge in [0.15, 0.2) is 5.00 Å². The third-order valence-electron chi connectivity index (χ3n) is 3.10. The fraction of sp³-hybridized carbons (Fsp3) is 0.600. The number of anilines is 1. The summed E-state index contributed by atoms with van der Waals surface area (Å²) < 4.78 is 26.3. The van der Waals surface area contributed by atoms with Gasteiger partial charge in [0.1, 0.15) is 4.21 Å². The number of likely N-dealkylation sites (tertiary alicyclic amines) is 1.